The molecule has 0 bridgehead atoms. The van der Waals surface area contributed by atoms with Gasteiger partial charge in [-0.25, -0.2) is 0 Å². The van der Waals surface area contributed by atoms with Crippen molar-refractivity contribution in [2.45, 2.75) is 70.2 Å². The van der Waals surface area contributed by atoms with Crippen molar-refractivity contribution in [1.82, 2.24) is 14.5 Å². The second-order valence-corrected chi connectivity index (χ2v) is 10.3. The third-order valence-electron chi connectivity index (χ3n) is 5.68. The number of hydrogen-bond acceptors (Lipinski definition) is 9. The molecule has 0 radical (unpaired) electrons. The third-order valence-corrected chi connectivity index (χ3v) is 7.90. The van der Waals surface area contributed by atoms with Gasteiger partial charge in [0.2, 0.25) is 5.95 Å². The van der Waals surface area contributed by atoms with Crippen molar-refractivity contribution in [1.29, 1.82) is 0 Å². The number of H-pyrrole nitrogens is 1. The minimum absolute atomic E-state index is 0.0256. The Bertz CT molecular complexity index is 1020. The van der Waals surface area contributed by atoms with Crippen molar-refractivity contribution < 1.29 is 34.0 Å². The van der Waals surface area contributed by atoms with Gasteiger partial charge in [0.25, 0.3) is 5.56 Å². The number of aromatic amines is 1. The highest BCUT2D eigenvalue weighted by Crippen LogP contribution is 2.58. The maximum absolute atomic E-state index is 12.6. The van der Waals surface area contributed by atoms with Gasteiger partial charge >= 0.3 is 7.60 Å². The lowest BCUT2D eigenvalue weighted by Gasteiger charge is -2.36. The smallest absolute Gasteiger partial charge is 0.359 e. The van der Waals surface area contributed by atoms with E-state index in [1.165, 1.54) is 23.8 Å². The van der Waals surface area contributed by atoms with E-state index in [1.54, 1.807) is 20.8 Å². The summed E-state index contributed by atoms with van der Waals surface area (Å²) in [4.78, 5) is 28.8. The molecular formula is C19H33N4O8P. The van der Waals surface area contributed by atoms with Gasteiger partial charge in [0, 0.05) is 12.6 Å². The fraction of sp³-hybridized carbons (Fsp3) is 0.684. The minimum atomic E-state index is -4.37. The predicted molar refractivity (Wildman–Crippen MR) is 118 cm³/mol. The number of aliphatic hydroxyl groups is 3. The zero-order valence-corrected chi connectivity index (χ0v) is 19.6. The summed E-state index contributed by atoms with van der Waals surface area (Å²) >= 11 is 0. The zero-order chi connectivity index (χ0) is 24.3. The first-order valence-corrected chi connectivity index (χ1v) is 11.9. The molecule has 0 aliphatic carbocycles. The molecule has 2 rings (SSSR count). The molecule has 0 saturated heterocycles. The molecule has 0 saturated carbocycles. The van der Waals surface area contributed by atoms with Crippen LogP contribution >= 0.6 is 7.60 Å². The number of nitrogen functional groups attached to an aromatic ring is 1. The molecule has 7 N–H and O–H groups in total. The van der Waals surface area contributed by atoms with Crippen molar-refractivity contribution in [3.05, 3.63) is 22.6 Å². The van der Waals surface area contributed by atoms with E-state index in [0.717, 1.165) is 0 Å². The Morgan fingerprint density at radius 2 is 2.00 bits per heavy atom. The van der Waals surface area contributed by atoms with Crippen LogP contribution in [0.1, 0.15) is 53.2 Å². The summed E-state index contributed by atoms with van der Waals surface area (Å²) in [5, 5.41) is 28.3. The van der Waals surface area contributed by atoms with Crippen molar-refractivity contribution >= 4 is 24.6 Å². The van der Waals surface area contributed by atoms with Gasteiger partial charge < -0.3 is 39.8 Å². The topological polar surface area (TPSA) is 193 Å². The standard InChI is InChI=1S/C19H33N4O8P/c1-5-18(3,31-32(28,29)19(4,27)6-2)8-10-30-16(13(25)11-24)23-9-7-12-14(23)21-17(20)22-15(12)26/h7,9,13,16,24-25,27H,5-6,8,10-11H2,1-4H3,(H,28,29)(H3,20,21,22,26)/t13-,16-,18?,19?/m1/s1. The molecule has 0 aromatic carbocycles. The number of hydrogen-bond donors (Lipinski definition) is 6. The first-order chi connectivity index (χ1) is 14.8. The normalized spacial score (nSPS) is 19.8. The van der Waals surface area contributed by atoms with E-state index >= 15 is 0 Å². The van der Waals surface area contributed by atoms with Crippen LogP contribution in [-0.2, 0) is 13.8 Å². The van der Waals surface area contributed by atoms with Crippen molar-refractivity contribution in [3.63, 3.8) is 0 Å². The van der Waals surface area contributed by atoms with Crippen molar-refractivity contribution in [2.75, 3.05) is 18.9 Å². The lowest BCUT2D eigenvalue weighted by molar-refractivity contribution is -0.107. The Morgan fingerprint density at radius 1 is 1.34 bits per heavy atom. The molecule has 5 atom stereocenters. The number of rotatable bonds is 12. The Hall–Kier alpha value is -1.79. The van der Waals surface area contributed by atoms with E-state index in [0.29, 0.717) is 6.42 Å². The van der Waals surface area contributed by atoms with E-state index in [2.05, 4.69) is 9.97 Å². The molecule has 13 heteroatoms. The summed E-state index contributed by atoms with van der Waals surface area (Å²) in [6.45, 7) is 5.53. The van der Waals surface area contributed by atoms with E-state index in [-0.39, 0.29) is 36.4 Å². The van der Waals surface area contributed by atoms with Crippen molar-refractivity contribution in [2.24, 2.45) is 0 Å². The lowest BCUT2D eigenvalue weighted by Crippen LogP contribution is -2.35. The molecule has 0 spiro atoms. The number of nitrogens with zero attached hydrogens (tertiary/aromatic N) is 2. The minimum Gasteiger partial charge on any atom is -0.394 e. The number of nitrogens with one attached hydrogen (secondary N) is 1. The van der Waals surface area contributed by atoms with Crippen LogP contribution in [-0.4, -0.2) is 65.0 Å². The molecule has 0 amide bonds. The molecule has 0 aliphatic heterocycles. The van der Waals surface area contributed by atoms with Gasteiger partial charge in [-0.3, -0.25) is 14.3 Å². The van der Waals surface area contributed by atoms with E-state index in [9.17, 15) is 29.6 Å². The average molecular weight is 476 g/mol. The van der Waals surface area contributed by atoms with Crippen LogP contribution in [0.4, 0.5) is 5.95 Å². The predicted octanol–water partition coefficient (Wildman–Crippen LogP) is 1.05. The molecule has 0 fully saturated rings. The van der Waals surface area contributed by atoms with Crippen LogP contribution in [0, 0.1) is 0 Å². The molecule has 2 aromatic heterocycles. The molecule has 12 nitrogen and oxygen atoms in total. The van der Waals surface area contributed by atoms with Crippen LogP contribution in [0.5, 0.6) is 0 Å². The fourth-order valence-corrected chi connectivity index (χ4v) is 4.43. The highest BCUT2D eigenvalue weighted by atomic mass is 31.2. The Labute approximate surface area is 185 Å². The maximum atomic E-state index is 12.6. The zero-order valence-electron chi connectivity index (χ0n) is 18.7. The largest absolute Gasteiger partial charge is 0.394 e. The van der Waals surface area contributed by atoms with Gasteiger partial charge in [0.15, 0.2) is 17.2 Å². The number of fused-ring (bicyclic) bond motifs is 1. The van der Waals surface area contributed by atoms with Gasteiger partial charge in [0.05, 0.1) is 24.2 Å². The quantitative estimate of drug-likeness (QED) is 0.241. The van der Waals surface area contributed by atoms with Crippen LogP contribution in [0.3, 0.4) is 0 Å². The van der Waals surface area contributed by atoms with E-state index in [1.807, 2.05) is 0 Å². The van der Waals surface area contributed by atoms with Crippen LogP contribution in [0.25, 0.3) is 11.0 Å². The van der Waals surface area contributed by atoms with E-state index in [4.69, 9.17) is 15.0 Å². The first-order valence-electron chi connectivity index (χ1n) is 10.3. The molecule has 182 valence electrons. The summed E-state index contributed by atoms with van der Waals surface area (Å²) < 4.78 is 25.3. The molecular weight excluding hydrogens is 443 g/mol. The maximum Gasteiger partial charge on any atom is 0.359 e. The first kappa shape index (κ1) is 26.5. The molecule has 2 aromatic rings. The van der Waals surface area contributed by atoms with E-state index < -0.39 is 43.0 Å². The molecule has 32 heavy (non-hydrogen) atoms. The Balaban J connectivity index is 2.23. The van der Waals surface area contributed by atoms with Gasteiger partial charge in [-0.1, -0.05) is 13.8 Å². The Kier molecular flexibility index (Phi) is 8.27. The monoisotopic (exact) mass is 476 g/mol. The van der Waals surface area contributed by atoms with Gasteiger partial charge in [-0.2, -0.15) is 4.98 Å². The Morgan fingerprint density at radius 3 is 2.56 bits per heavy atom. The lowest BCUT2D eigenvalue weighted by atomic mass is 10.0. The highest BCUT2D eigenvalue weighted by molar-refractivity contribution is 7.54. The second kappa shape index (κ2) is 10.0. The van der Waals surface area contributed by atoms with Gasteiger partial charge in [-0.15, -0.1) is 0 Å². The number of aromatic nitrogens is 3. The average Bonchev–Trinajstić information content (AvgIpc) is 3.14. The summed E-state index contributed by atoms with van der Waals surface area (Å²) in [6, 6.07) is 1.48. The van der Waals surface area contributed by atoms with Gasteiger partial charge in [0.1, 0.15) is 6.10 Å². The summed E-state index contributed by atoms with van der Waals surface area (Å²) in [7, 11) is -4.37. The van der Waals surface area contributed by atoms with Gasteiger partial charge in [-0.05, 0) is 32.8 Å². The van der Waals surface area contributed by atoms with Crippen LogP contribution < -0.4 is 11.3 Å². The van der Waals surface area contributed by atoms with Crippen molar-refractivity contribution in [3.8, 4) is 0 Å². The molecule has 2 heterocycles. The SMILES string of the molecule is CCC(C)(CCO[C@H]([C@H](O)CO)n1ccc2c(=O)[nH]c(N)nc21)OP(=O)(O)C(C)(O)CC. The summed E-state index contributed by atoms with van der Waals surface area (Å²) in [5.74, 6) is -0.117. The fourth-order valence-electron chi connectivity index (χ4n) is 3.01. The summed E-state index contributed by atoms with van der Waals surface area (Å²) in [5.41, 5.74) is 4.21. The van der Waals surface area contributed by atoms with Crippen LogP contribution in [0.2, 0.25) is 0 Å². The highest BCUT2D eigenvalue weighted by Gasteiger charge is 2.46. The number of nitrogens with two attached hydrogens (primary N) is 1. The summed E-state index contributed by atoms with van der Waals surface area (Å²) in [6.07, 6.45) is -0.492. The second-order valence-electron chi connectivity index (χ2n) is 8.16. The molecule has 0 aliphatic rings. The third kappa shape index (κ3) is 5.57. The number of anilines is 1. The number of ether oxygens (including phenoxy) is 1. The molecule has 3 unspecified atom stereocenters. The van der Waals surface area contributed by atoms with Crippen LogP contribution in [0.15, 0.2) is 17.1 Å². The number of aliphatic hydroxyl groups excluding tert-OH is 2.